The molecule has 1 aliphatic rings. The molecule has 0 bridgehead atoms. The summed E-state index contributed by atoms with van der Waals surface area (Å²) in [5, 5.41) is 12.2. The molecule has 2 aromatic carbocycles. The quantitative estimate of drug-likeness (QED) is 0.442. The molecule has 1 N–H and O–H groups in total. The molecule has 0 radical (unpaired) electrons. The normalized spacial score (nSPS) is 13.0. The van der Waals surface area contributed by atoms with E-state index >= 15 is 0 Å². The molecule has 0 unspecified atom stereocenters. The molecule has 2 heterocycles. The number of fused-ring (bicyclic) bond motifs is 1. The van der Waals surface area contributed by atoms with Crippen LogP contribution in [-0.2, 0) is 22.5 Å². The first-order chi connectivity index (χ1) is 14.7. The topological polar surface area (TPSA) is 86.1 Å². The van der Waals surface area contributed by atoms with Gasteiger partial charge in [0.2, 0.25) is 5.91 Å². The monoisotopic (exact) mass is 422 g/mol. The number of ketones is 1. The van der Waals surface area contributed by atoms with Crippen molar-refractivity contribution in [2.45, 2.75) is 24.5 Å². The molecule has 0 spiro atoms. The Kier molecular flexibility index (Phi) is 6.25. The van der Waals surface area contributed by atoms with Crippen molar-refractivity contribution in [1.82, 2.24) is 14.8 Å². The average Bonchev–Trinajstić information content (AvgIpc) is 3.18. The zero-order chi connectivity index (χ0) is 20.9. The second-order valence-corrected chi connectivity index (χ2v) is 7.89. The number of carbonyl (C=O) groups excluding carboxylic acids is 2. The summed E-state index contributed by atoms with van der Waals surface area (Å²) in [7, 11) is 1.65. The Balaban J connectivity index is 1.50. The average molecular weight is 423 g/mol. The SMILES string of the molecule is COCCn1c(SCC(=O)c2ccc3c(c2)CCC(=O)N3)nnc1-c1ccccc1. The van der Waals surface area contributed by atoms with Crippen molar-refractivity contribution in [1.29, 1.82) is 0 Å². The van der Waals surface area contributed by atoms with Crippen LogP contribution in [0.3, 0.4) is 0 Å². The van der Waals surface area contributed by atoms with Crippen molar-refractivity contribution in [2.24, 2.45) is 0 Å². The van der Waals surface area contributed by atoms with E-state index in [1.807, 2.05) is 41.0 Å². The van der Waals surface area contributed by atoms with Gasteiger partial charge in [0.25, 0.3) is 0 Å². The van der Waals surface area contributed by atoms with Crippen molar-refractivity contribution in [3.8, 4) is 11.4 Å². The molecule has 0 saturated carbocycles. The van der Waals surface area contributed by atoms with Crippen molar-refractivity contribution in [3.05, 3.63) is 59.7 Å². The summed E-state index contributed by atoms with van der Waals surface area (Å²) in [6.45, 7) is 1.12. The molecule has 30 heavy (non-hydrogen) atoms. The van der Waals surface area contributed by atoms with Crippen LogP contribution in [0.2, 0.25) is 0 Å². The first kappa shape index (κ1) is 20.3. The maximum atomic E-state index is 12.8. The lowest BCUT2D eigenvalue weighted by Crippen LogP contribution is -2.19. The first-order valence-corrected chi connectivity index (χ1v) is 10.7. The fourth-order valence-electron chi connectivity index (χ4n) is 3.35. The molecule has 4 rings (SSSR count). The minimum atomic E-state index is 0.0155. The summed E-state index contributed by atoms with van der Waals surface area (Å²) in [5.74, 6) is 1.04. The van der Waals surface area contributed by atoms with E-state index in [0.29, 0.717) is 36.7 Å². The number of nitrogens with zero attached hydrogens (tertiary/aromatic N) is 3. The van der Waals surface area contributed by atoms with E-state index in [2.05, 4.69) is 15.5 Å². The Morgan fingerprint density at radius 1 is 1.17 bits per heavy atom. The van der Waals surface area contributed by atoms with Gasteiger partial charge in [-0.3, -0.25) is 14.2 Å². The Morgan fingerprint density at radius 2 is 2.00 bits per heavy atom. The number of methoxy groups -OCH3 is 1. The summed E-state index contributed by atoms with van der Waals surface area (Å²) in [5.41, 5.74) is 3.40. The zero-order valence-electron chi connectivity index (χ0n) is 16.6. The largest absolute Gasteiger partial charge is 0.383 e. The highest BCUT2D eigenvalue weighted by atomic mass is 32.2. The molecule has 0 atom stereocenters. The number of hydrogen-bond acceptors (Lipinski definition) is 6. The van der Waals surface area contributed by atoms with Crippen LogP contribution < -0.4 is 5.32 Å². The van der Waals surface area contributed by atoms with Gasteiger partial charge in [-0.2, -0.15) is 0 Å². The smallest absolute Gasteiger partial charge is 0.224 e. The molecular weight excluding hydrogens is 400 g/mol. The van der Waals surface area contributed by atoms with Gasteiger partial charge in [-0.15, -0.1) is 10.2 Å². The van der Waals surface area contributed by atoms with Gasteiger partial charge in [-0.25, -0.2) is 0 Å². The van der Waals surface area contributed by atoms with E-state index in [0.717, 1.165) is 22.6 Å². The molecular formula is C22H22N4O3S. The van der Waals surface area contributed by atoms with Crippen LogP contribution in [0, 0.1) is 0 Å². The van der Waals surface area contributed by atoms with Crippen LogP contribution in [0.4, 0.5) is 5.69 Å². The molecule has 7 nitrogen and oxygen atoms in total. The van der Waals surface area contributed by atoms with Crippen LogP contribution in [-0.4, -0.2) is 45.9 Å². The Morgan fingerprint density at radius 3 is 2.80 bits per heavy atom. The third-order valence-electron chi connectivity index (χ3n) is 4.92. The lowest BCUT2D eigenvalue weighted by molar-refractivity contribution is -0.116. The van der Waals surface area contributed by atoms with E-state index in [9.17, 15) is 9.59 Å². The standard InChI is InChI=1S/C22H22N4O3S/c1-29-12-11-26-21(15-5-3-2-4-6-15)24-25-22(26)30-14-19(27)17-7-9-18-16(13-17)8-10-20(28)23-18/h2-7,9,13H,8,10-12,14H2,1H3,(H,23,28). The van der Waals surface area contributed by atoms with E-state index < -0.39 is 0 Å². The second kappa shape index (κ2) is 9.23. The van der Waals surface area contributed by atoms with Crippen molar-refractivity contribution >= 4 is 29.1 Å². The van der Waals surface area contributed by atoms with Gasteiger partial charge in [0.15, 0.2) is 16.8 Å². The minimum Gasteiger partial charge on any atom is -0.383 e. The third kappa shape index (κ3) is 4.44. The minimum absolute atomic E-state index is 0.0155. The Hall–Kier alpha value is -2.97. The Labute approximate surface area is 178 Å². The van der Waals surface area contributed by atoms with Gasteiger partial charge in [-0.05, 0) is 30.2 Å². The highest BCUT2D eigenvalue weighted by Gasteiger charge is 2.19. The number of rotatable bonds is 8. The number of nitrogens with one attached hydrogen (secondary N) is 1. The number of aryl methyl sites for hydroxylation is 1. The maximum absolute atomic E-state index is 12.8. The van der Waals surface area contributed by atoms with E-state index in [4.69, 9.17) is 4.74 Å². The zero-order valence-corrected chi connectivity index (χ0v) is 17.4. The van der Waals surface area contributed by atoms with E-state index in [-0.39, 0.29) is 17.4 Å². The molecule has 0 aliphatic carbocycles. The summed E-state index contributed by atoms with van der Waals surface area (Å²) in [6.07, 6.45) is 1.10. The molecule has 8 heteroatoms. The molecule has 1 amide bonds. The second-order valence-electron chi connectivity index (χ2n) is 6.95. The molecule has 0 fully saturated rings. The van der Waals surface area contributed by atoms with Gasteiger partial charge in [0.05, 0.1) is 18.9 Å². The summed E-state index contributed by atoms with van der Waals surface area (Å²) in [4.78, 5) is 24.3. The number of hydrogen-bond donors (Lipinski definition) is 1. The van der Waals surface area contributed by atoms with Crippen molar-refractivity contribution < 1.29 is 14.3 Å². The molecule has 0 saturated heterocycles. The van der Waals surface area contributed by atoms with Crippen LogP contribution in [0.15, 0.2) is 53.7 Å². The van der Waals surface area contributed by atoms with Crippen molar-refractivity contribution in [3.63, 3.8) is 0 Å². The Bertz CT molecular complexity index is 1070. The van der Waals surface area contributed by atoms with Gasteiger partial charge < -0.3 is 10.1 Å². The highest BCUT2D eigenvalue weighted by Crippen LogP contribution is 2.27. The number of anilines is 1. The van der Waals surface area contributed by atoms with Crippen LogP contribution >= 0.6 is 11.8 Å². The summed E-state index contributed by atoms with van der Waals surface area (Å²) in [6, 6.07) is 15.3. The van der Waals surface area contributed by atoms with E-state index in [1.165, 1.54) is 11.8 Å². The maximum Gasteiger partial charge on any atom is 0.224 e. The van der Waals surface area contributed by atoms with Gasteiger partial charge in [0, 0.05) is 30.3 Å². The number of ether oxygens (including phenoxy) is 1. The predicted molar refractivity (Wildman–Crippen MR) is 116 cm³/mol. The number of thioether (sulfide) groups is 1. The third-order valence-corrected chi connectivity index (χ3v) is 5.89. The van der Waals surface area contributed by atoms with Gasteiger partial charge in [0.1, 0.15) is 0 Å². The number of aromatic nitrogens is 3. The number of Topliss-reactive ketones (excluding diaryl/α,β-unsaturated/α-hetero) is 1. The summed E-state index contributed by atoms with van der Waals surface area (Å²) < 4.78 is 7.22. The van der Waals surface area contributed by atoms with Gasteiger partial charge in [-0.1, -0.05) is 42.1 Å². The van der Waals surface area contributed by atoms with Crippen molar-refractivity contribution in [2.75, 3.05) is 24.8 Å². The molecule has 154 valence electrons. The lowest BCUT2D eigenvalue weighted by Gasteiger charge is -2.17. The molecule has 3 aromatic rings. The predicted octanol–water partition coefficient (Wildman–Crippen LogP) is 3.45. The summed E-state index contributed by atoms with van der Waals surface area (Å²) >= 11 is 1.37. The van der Waals surface area contributed by atoms with E-state index in [1.54, 1.807) is 19.2 Å². The molecule has 1 aromatic heterocycles. The molecule has 1 aliphatic heterocycles. The first-order valence-electron chi connectivity index (χ1n) is 9.72. The number of benzene rings is 2. The number of carbonyl (C=O) groups is 2. The highest BCUT2D eigenvalue weighted by molar-refractivity contribution is 7.99. The van der Waals surface area contributed by atoms with Crippen LogP contribution in [0.1, 0.15) is 22.3 Å². The fourth-order valence-corrected chi connectivity index (χ4v) is 4.21. The lowest BCUT2D eigenvalue weighted by atomic mass is 9.99. The fraction of sp³-hybridized carbons (Fsp3) is 0.273. The van der Waals surface area contributed by atoms with Crippen LogP contribution in [0.5, 0.6) is 0 Å². The van der Waals surface area contributed by atoms with Gasteiger partial charge >= 0.3 is 0 Å². The number of amides is 1. The van der Waals surface area contributed by atoms with Crippen LogP contribution in [0.25, 0.3) is 11.4 Å².